The summed E-state index contributed by atoms with van der Waals surface area (Å²) >= 11 is 14.1. The number of amides is 2. The normalized spacial score (nSPS) is 26.4. The van der Waals surface area contributed by atoms with Crippen LogP contribution in [0.3, 0.4) is 0 Å². The molecule has 5 aliphatic rings. The zero-order valence-corrected chi connectivity index (χ0v) is 29.0. The molecule has 2 aromatic rings. The fraction of sp³-hybridized carbons (Fsp3) is 0.514. The van der Waals surface area contributed by atoms with Gasteiger partial charge in [0, 0.05) is 47.5 Å². The average Bonchev–Trinajstić information content (AvgIpc) is 3.92. The van der Waals surface area contributed by atoms with Gasteiger partial charge < -0.3 is 14.7 Å². The maximum absolute atomic E-state index is 14.7. The first kappa shape index (κ1) is 31.1. The van der Waals surface area contributed by atoms with Crippen molar-refractivity contribution in [1.29, 1.82) is 0 Å². The molecule has 0 unspecified atom stereocenters. The van der Waals surface area contributed by atoms with Gasteiger partial charge in [0.1, 0.15) is 16.0 Å². The van der Waals surface area contributed by atoms with E-state index in [-0.39, 0.29) is 29.3 Å². The van der Waals surface area contributed by atoms with Gasteiger partial charge in [-0.25, -0.2) is 4.99 Å². The zero-order chi connectivity index (χ0) is 31.9. The van der Waals surface area contributed by atoms with Gasteiger partial charge in [-0.1, -0.05) is 61.3 Å². The van der Waals surface area contributed by atoms with E-state index in [9.17, 15) is 9.59 Å². The Hall–Kier alpha value is -2.52. The third kappa shape index (κ3) is 4.93. The lowest BCUT2D eigenvalue weighted by Gasteiger charge is -2.43. The Morgan fingerprint density at radius 3 is 2.18 bits per heavy atom. The molecule has 238 valence electrons. The number of likely N-dealkylation sites (N-methyl/N-ethyl adjacent to an activating group) is 2. The quantitative estimate of drug-likeness (QED) is 0.321. The largest absolute Gasteiger partial charge is 0.338 e. The molecule has 0 bridgehead atoms. The minimum Gasteiger partial charge on any atom is -0.338 e. The van der Waals surface area contributed by atoms with Gasteiger partial charge in [-0.15, -0.1) is 0 Å². The van der Waals surface area contributed by atoms with Crippen molar-refractivity contribution in [1.82, 2.24) is 19.6 Å². The van der Waals surface area contributed by atoms with E-state index in [1.807, 2.05) is 53.1 Å². The number of rotatable bonds is 7. The fourth-order valence-electron chi connectivity index (χ4n) is 7.76. The SMILES string of the molecule is CCN(C(=O)C1=C(C(C)C)N2C(=N[C@@](C)(c3ccc(Cl)cc3)[C@H]2c2ccc(Cl)cc2)S1)C1(C(=O)N2CCN(C)C3(CC3)C2)CC1. The first-order chi connectivity index (χ1) is 21.4. The molecule has 1 spiro atoms. The van der Waals surface area contributed by atoms with E-state index in [1.54, 1.807) is 0 Å². The van der Waals surface area contributed by atoms with Crippen molar-refractivity contribution in [3.05, 3.63) is 80.3 Å². The number of halogens is 2. The van der Waals surface area contributed by atoms with E-state index in [0.717, 1.165) is 54.5 Å². The second-order valence-corrected chi connectivity index (χ2v) is 15.6. The van der Waals surface area contributed by atoms with Crippen molar-refractivity contribution in [2.24, 2.45) is 10.9 Å². The summed E-state index contributed by atoms with van der Waals surface area (Å²) in [6, 6.07) is 15.6. The van der Waals surface area contributed by atoms with Crippen LogP contribution in [0.4, 0.5) is 0 Å². The molecule has 1 saturated heterocycles. The minimum absolute atomic E-state index is 0.0448. The second kappa shape index (κ2) is 11.0. The zero-order valence-electron chi connectivity index (χ0n) is 26.6. The Kier molecular flexibility index (Phi) is 7.63. The van der Waals surface area contributed by atoms with Gasteiger partial charge in [-0.05, 0) is 99.7 Å². The van der Waals surface area contributed by atoms with E-state index < -0.39 is 11.1 Å². The Labute approximate surface area is 280 Å². The summed E-state index contributed by atoms with van der Waals surface area (Å²) in [4.78, 5) is 43.6. The summed E-state index contributed by atoms with van der Waals surface area (Å²) in [5.74, 6) is 0.106. The van der Waals surface area contributed by atoms with Crippen LogP contribution in [0.5, 0.6) is 0 Å². The van der Waals surface area contributed by atoms with Crippen LogP contribution in [-0.2, 0) is 15.1 Å². The molecule has 0 aromatic heterocycles. The van der Waals surface area contributed by atoms with Crippen LogP contribution in [0, 0.1) is 5.92 Å². The van der Waals surface area contributed by atoms with Gasteiger partial charge in [0.2, 0.25) is 5.91 Å². The number of hydrogen-bond acceptors (Lipinski definition) is 6. The standard InChI is InChI=1S/C35H41Cl2N5O2S/c1-6-41(35(17-18-35)31(44)40-20-19-39(5)34(21-40)15-16-34)30(43)28-27(22(2)3)42-29(23-7-11-25(36)12-8-23)33(4,38-32(42)45-28)24-9-13-26(37)14-10-24/h7-14,22,29H,6,15-21H2,1-5H3/t29-,33+/m1/s1. The molecule has 3 fully saturated rings. The Morgan fingerprint density at radius 2 is 1.62 bits per heavy atom. The lowest BCUT2D eigenvalue weighted by Crippen LogP contribution is -2.60. The van der Waals surface area contributed by atoms with Crippen LogP contribution in [0.2, 0.25) is 10.0 Å². The lowest BCUT2D eigenvalue weighted by atomic mass is 9.81. The molecule has 7 rings (SSSR count). The summed E-state index contributed by atoms with van der Waals surface area (Å²) < 4.78 is 0. The molecule has 0 radical (unpaired) electrons. The predicted octanol–water partition coefficient (Wildman–Crippen LogP) is 6.92. The number of hydrogen-bond donors (Lipinski definition) is 0. The number of fused-ring (bicyclic) bond motifs is 1. The van der Waals surface area contributed by atoms with Gasteiger partial charge in [0.05, 0.1) is 6.04 Å². The Balaban J connectivity index is 1.25. The highest BCUT2D eigenvalue weighted by molar-refractivity contribution is 8.18. The number of nitrogens with zero attached hydrogens (tertiary/aromatic N) is 5. The maximum atomic E-state index is 14.7. The van der Waals surface area contributed by atoms with Crippen LogP contribution in [-0.4, -0.2) is 80.9 Å². The summed E-state index contributed by atoms with van der Waals surface area (Å²) in [6.07, 6.45) is 3.71. The summed E-state index contributed by atoms with van der Waals surface area (Å²) in [5.41, 5.74) is 1.82. The number of piperazine rings is 1. The van der Waals surface area contributed by atoms with Crippen molar-refractivity contribution in [3.8, 4) is 0 Å². The fourth-order valence-corrected chi connectivity index (χ4v) is 9.37. The number of aliphatic imine (C=N–C) groups is 1. The smallest absolute Gasteiger partial charge is 0.263 e. The summed E-state index contributed by atoms with van der Waals surface area (Å²) in [6.45, 7) is 11.3. The summed E-state index contributed by atoms with van der Waals surface area (Å²) in [7, 11) is 2.17. The number of amidine groups is 1. The molecular formula is C35H41Cl2N5O2S. The minimum atomic E-state index is -0.754. The maximum Gasteiger partial charge on any atom is 0.263 e. The second-order valence-electron chi connectivity index (χ2n) is 13.8. The van der Waals surface area contributed by atoms with Gasteiger partial charge >= 0.3 is 0 Å². The Morgan fingerprint density at radius 1 is 1.00 bits per heavy atom. The molecule has 0 N–H and O–H groups in total. The van der Waals surface area contributed by atoms with E-state index in [0.29, 0.717) is 34.3 Å². The molecule has 2 atom stereocenters. The van der Waals surface area contributed by atoms with Crippen LogP contribution < -0.4 is 0 Å². The Bertz CT molecular complexity index is 1600. The van der Waals surface area contributed by atoms with Crippen LogP contribution in [0.15, 0.2) is 64.1 Å². The number of allylic oxidation sites excluding steroid dienone is 1. The van der Waals surface area contributed by atoms with E-state index in [1.165, 1.54) is 11.8 Å². The highest BCUT2D eigenvalue weighted by Crippen LogP contribution is 2.57. The number of carbonyl (C=O) groups excluding carboxylic acids is 2. The van der Waals surface area contributed by atoms with Gasteiger partial charge in [0.25, 0.3) is 5.91 Å². The average molecular weight is 667 g/mol. The number of benzene rings is 2. The van der Waals surface area contributed by atoms with Gasteiger partial charge in [0.15, 0.2) is 5.17 Å². The molecule has 2 aliphatic carbocycles. The number of thioether (sulfide) groups is 1. The number of carbonyl (C=O) groups is 2. The molecule has 45 heavy (non-hydrogen) atoms. The molecule has 3 heterocycles. The highest BCUT2D eigenvalue weighted by Gasteiger charge is 2.61. The molecule has 3 aliphatic heterocycles. The van der Waals surface area contributed by atoms with Crippen molar-refractivity contribution in [2.75, 3.05) is 33.2 Å². The van der Waals surface area contributed by atoms with Crippen LogP contribution in [0.1, 0.15) is 70.5 Å². The lowest BCUT2D eigenvalue weighted by molar-refractivity contribution is -0.148. The predicted molar refractivity (Wildman–Crippen MR) is 182 cm³/mol. The van der Waals surface area contributed by atoms with E-state index >= 15 is 0 Å². The third-order valence-corrected chi connectivity index (χ3v) is 12.2. The van der Waals surface area contributed by atoms with Crippen molar-refractivity contribution >= 4 is 51.9 Å². The topological polar surface area (TPSA) is 59.5 Å². The molecule has 10 heteroatoms. The van der Waals surface area contributed by atoms with E-state index in [4.69, 9.17) is 28.2 Å². The van der Waals surface area contributed by atoms with Gasteiger partial charge in [-0.3, -0.25) is 14.5 Å². The van der Waals surface area contributed by atoms with Crippen LogP contribution >= 0.6 is 35.0 Å². The van der Waals surface area contributed by atoms with Gasteiger partial charge in [-0.2, -0.15) is 0 Å². The molecule has 2 saturated carbocycles. The summed E-state index contributed by atoms with van der Waals surface area (Å²) in [5, 5.41) is 2.15. The molecule has 2 aromatic carbocycles. The first-order valence-electron chi connectivity index (χ1n) is 16.1. The third-order valence-electron chi connectivity index (χ3n) is 10.7. The van der Waals surface area contributed by atoms with Crippen molar-refractivity contribution < 1.29 is 9.59 Å². The van der Waals surface area contributed by atoms with Crippen molar-refractivity contribution in [2.45, 2.75) is 76.0 Å². The highest BCUT2D eigenvalue weighted by atomic mass is 35.5. The first-order valence-corrected chi connectivity index (χ1v) is 17.7. The van der Waals surface area contributed by atoms with E-state index in [2.05, 4.69) is 49.8 Å². The molecular weight excluding hydrogens is 625 g/mol. The molecule has 2 amide bonds. The monoisotopic (exact) mass is 665 g/mol. The van der Waals surface area contributed by atoms with Crippen molar-refractivity contribution in [3.63, 3.8) is 0 Å². The molecule has 7 nitrogen and oxygen atoms in total. The van der Waals surface area contributed by atoms with Crippen LogP contribution in [0.25, 0.3) is 0 Å².